The molecule has 3 atom stereocenters. The van der Waals surface area contributed by atoms with Crippen molar-refractivity contribution in [1.29, 1.82) is 0 Å². The molecule has 0 spiro atoms. The molecule has 2 N–H and O–H groups in total. The first-order chi connectivity index (χ1) is 9.82. The number of benzene rings is 1. The van der Waals surface area contributed by atoms with Crippen molar-refractivity contribution in [3.63, 3.8) is 0 Å². The summed E-state index contributed by atoms with van der Waals surface area (Å²) in [6, 6.07) is 7.63. The number of rotatable bonds is 4. The Morgan fingerprint density at radius 3 is 2.67 bits per heavy atom. The molecule has 0 radical (unpaired) electrons. The van der Waals surface area contributed by atoms with Gasteiger partial charge in [0.05, 0.1) is 6.04 Å². The fraction of sp³-hybridized carbons (Fsp3) is 0.571. The average Bonchev–Trinajstić information content (AvgIpc) is 2.40. The molecule has 0 saturated carbocycles. The van der Waals surface area contributed by atoms with Crippen molar-refractivity contribution in [2.24, 2.45) is 5.73 Å². The summed E-state index contributed by atoms with van der Waals surface area (Å²) in [4.78, 5) is 2.05. The van der Waals surface area contributed by atoms with Crippen molar-refractivity contribution in [1.82, 2.24) is 4.90 Å². The number of hydrogen-bond acceptors (Lipinski definition) is 5. The standard InChI is InChI=1S/C14H21BrN2O2S2/c1-10(16)14(11-5-3-4-6-12(11)15)17-7-8-20-9-13(17)21(2,18)19/h3-6,10,13-14H,7-9,16H2,1-2H3. The predicted octanol–water partition coefficient (Wildman–Crippen LogP) is 2.26. The van der Waals surface area contributed by atoms with Gasteiger partial charge < -0.3 is 5.73 Å². The molecule has 1 fully saturated rings. The van der Waals surface area contributed by atoms with Crippen molar-refractivity contribution in [2.45, 2.75) is 24.4 Å². The smallest absolute Gasteiger partial charge is 0.164 e. The fourth-order valence-electron chi connectivity index (χ4n) is 2.76. The topological polar surface area (TPSA) is 63.4 Å². The first kappa shape index (κ1) is 17.3. The molecule has 1 aromatic rings. The highest BCUT2D eigenvalue weighted by atomic mass is 79.9. The van der Waals surface area contributed by atoms with Gasteiger partial charge in [-0.25, -0.2) is 8.42 Å². The van der Waals surface area contributed by atoms with Gasteiger partial charge in [0.15, 0.2) is 9.84 Å². The number of sulfone groups is 1. The third kappa shape index (κ3) is 4.01. The quantitative estimate of drug-likeness (QED) is 0.850. The lowest BCUT2D eigenvalue weighted by Crippen LogP contribution is -2.52. The Morgan fingerprint density at radius 2 is 2.10 bits per heavy atom. The van der Waals surface area contributed by atoms with Gasteiger partial charge in [0.2, 0.25) is 0 Å². The van der Waals surface area contributed by atoms with Crippen molar-refractivity contribution in [3.8, 4) is 0 Å². The Labute approximate surface area is 139 Å². The highest BCUT2D eigenvalue weighted by molar-refractivity contribution is 9.10. The van der Waals surface area contributed by atoms with E-state index >= 15 is 0 Å². The van der Waals surface area contributed by atoms with Gasteiger partial charge >= 0.3 is 0 Å². The largest absolute Gasteiger partial charge is 0.326 e. The van der Waals surface area contributed by atoms with E-state index in [9.17, 15) is 8.42 Å². The molecule has 3 unspecified atom stereocenters. The van der Waals surface area contributed by atoms with Crippen molar-refractivity contribution < 1.29 is 8.42 Å². The van der Waals surface area contributed by atoms with Gasteiger partial charge in [-0.15, -0.1) is 0 Å². The normalized spacial score (nSPS) is 23.7. The molecule has 1 aliphatic heterocycles. The molecular formula is C14H21BrN2O2S2. The van der Waals surface area contributed by atoms with Crippen molar-refractivity contribution in [3.05, 3.63) is 34.3 Å². The van der Waals surface area contributed by atoms with E-state index in [0.29, 0.717) is 5.75 Å². The second kappa shape index (κ2) is 7.00. The number of nitrogens with two attached hydrogens (primary N) is 1. The summed E-state index contributed by atoms with van der Waals surface area (Å²) in [6.45, 7) is 2.67. The minimum atomic E-state index is -3.14. The molecule has 1 heterocycles. The van der Waals surface area contributed by atoms with Crippen LogP contribution in [0.3, 0.4) is 0 Å². The molecule has 0 aliphatic carbocycles. The van der Waals surface area contributed by atoms with Gasteiger partial charge in [-0.2, -0.15) is 11.8 Å². The zero-order valence-corrected chi connectivity index (χ0v) is 15.4. The van der Waals surface area contributed by atoms with Gasteiger partial charge in [0, 0.05) is 34.8 Å². The second-order valence-electron chi connectivity index (χ2n) is 5.42. The molecule has 0 amide bonds. The highest BCUT2D eigenvalue weighted by Gasteiger charge is 2.38. The molecule has 2 rings (SSSR count). The van der Waals surface area contributed by atoms with E-state index in [2.05, 4.69) is 20.8 Å². The minimum absolute atomic E-state index is 0.110. The van der Waals surface area contributed by atoms with E-state index in [1.54, 1.807) is 11.8 Å². The lowest BCUT2D eigenvalue weighted by Gasteiger charge is -2.42. The highest BCUT2D eigenvalue weighted by Crippen LogP contribution is 2.35. The third-order valence-electron chi connectivity index (χ3n) is 3.70. The van der Waals surface area contributed by atoms with Crippen LogP contribution in [0, 0.1) is 0 Å². The van der Waals surface area contributed by atoms with E-state index in [1.807, 2.05) is 31.2 Å². The molecule has 118 valence electrons. The number of nitrogens with zero attached hydrogens (tertiary/aromatic N) is 1. The molecular weight excluding hydrogens is 372 g/mol. The Hall–Kier alpha value is -0.0800. The monoisotopic (exact) mass is 392 g/mol. The summed E-state index contributed by atoms with van der Waals surface area (Å²) >= 11 is 5.25. The molecule has 0 bridgehead atoms. The van der Waals surface area contributed by atoms with E-state index in [1.165, 1.54) is 6.26 Å². The van der Waals surface area contributed by atoms with Crippen LogP contribution in [0.15, 0.2) is 28.7 Å². The maximum atomic E-state index is 12.1. The zero-order valence-electron chi connectivity index (χ0n) is 12.2. The van der Waals surface area contributed by atoms with Crippen LogP contribution in [0.2, 0.25) is 0 Å². The maximum Gasteiger partial charge on any atom is 0.164 e. The summed E-state index contributed by atoms with van der Waals surface area (Å²) in [5.41, 5.74) is 7.26. The van der Waals surface area contributed by atoms with Crippen LogP contribution in [0.5, 0.6) is 0 Å². The van der Waals surface area contributed by atoms with Gasteiger partial charge in [0.25, 0.3) is 0 Å². The summed E-state index contributed by atoms with van der Waals surface area (Å²) in [6.07, 6.45) is 1.31. The predicted molar refractivity (Wildman–Crippen MR) is 93.2 cm³/mol. The molecule has 21 heavy (non-hydrogen) atoms. The zero-order chi connectivity index (χ0) is 15.6. The summed E-state index contributed by atoms with van der Waals surface area (Å²) in [5, 5.41) is -0.473. The Balaban J connectivity index is 2.44. The van der Waals surface area contributed by atoms with Crippen LogP contribution >= 0.6 is 27.7 Å². The van der Waals surface area contributed by atoms with Crippen LogP contribution < -0.4 is 5.73 Å². The maximum absolute atomic E-state index is 12.1. The van der Waals surface area contributed by atoms with Gasteiger partial charge in [0.1, 0.15) is 5.37 Å². The molecule has 0 aromatic heterocycles. The van der Waals surface area contributed by atoms with E-state index in [-0.39, 0.29) is 12.1 Å². The molecule has 1 aliphatic rings. The Kier molecular flexibility index (Phi) is 5.76. The van der Waals surface area contributed by atoms with Gasteiger partial charge in [-0.3, -0.25) is 4.90 Å². The van der Waals surface area contributed by atoms with Crippen LogP contribution in [0.1, 0.15) is 18.5 Å². The number of thioether (sulfide) groups is 1. The SMILES string of the molecule is CC(N)C(c1ccccc1Br)N1CCSCC1S(C)(=O)=O. The first-order valence-corrected chi connectivity index (χ1v) is 10.7. The van der Waals surface area contributed by atoms with E-state index in [0.717, 1.165) is 22.3 Å². The second-order valence-corrected chi connectivity index (χ2v) is 9.63. The molecule has 7 heteroatoms. The van der Waals surface area contributed by atoms with Crippen LogP contribution in [0.25, 0.3) is 0 Å². The van der Waals surface area contributed by atoms with Crippen molar-refractivity contribution >= 4 is 37.5 Å². The lowest BCUT2D eigenvalue weighted by atomic mass is 9.99. The van der Waals surface area contributed by atoms with Crippen LogP contribution in [-0.2, 0) is 9.84 Å². The van der Waals surface area contributed by atoms with E-state index < -0.39 is 15.2 Å². The lowest BCUT2D eigenvalue weighted by molar-refractivity contribution is 0.172. The number of halogens is 1. The number of hydrogen-bond donors (Lipinski definition) is 1. The van der Waals surface area contributed by atoms with Gasteiger partial charge in [-0.05, 0) is 18.6 Å². The minimum Gasteiger partial charge on any atom is -0.326 e. The van der Waals surface area contributed by atoms with E-state index in [4.69, 9.17) is 5.73 Å². The molecule has 1 saturated heterocycles. The Bertz CT molecular complexity index is 592. The summed E-state index contributed by atoms with van der Waals surface area (Å²) in [7, 11) is -3.14. The fourth-order valence-corrected chi connectivity index (χ4v) is 6.19. The molecule has 1 aromatic carbocycles. The summed E-state index contributed by atoms with van der Waals surface area (Å²) in [5.74, 6) is 1.53. The summed E-state index contributed by atoms with van der Waals surface area (Å²) < 4.78 is 25.2. The van der Waals surface area contributed by atoms with Crippen molar-refractivity contribution in [2.75, 3.05) is 24.3 Å². The van der Waals surface area contributed by atoms with Crippen LogP contribution in [0.4, 0.5) is 0 Å². The third-order valence-corrected chi connectivity index (χ3v) is 7.08. The average molecular weight is 393 g/mol. The molecule has 4 nitrogen and oxygen atoms in total. The first-order valence-electron chi connectivity index (χ1n) is 6.84. The Morgan fingerprint density at radius 1 is 1.43 bits per heavy atom. The van der Waals surface area contributed by atoms with Gasteiger partial charge in [-0.1, -0.05) is 34.1 Å². The van der Waals surface area contributed by atoms with Crippen LogP contribution in [-0.4, -0.2) is 49.0 Å².